The third-order valence-electron chi connectivity index (χ3n) is 3.95. The van der Waals surface area contributed by atoms with Crippen LogP contribution in [0, 0.1) is 5.92 Å². The lowest BCUT2D eigenvalue weighted by Gasteiger charge is -2.33. The maximum Gasteiger partial charge on any atom is 0.410 e. The first-order valence-corrected chi connectivity index (χ1v) is 7.10. The average molecular weight is 261 g/mol. The average Bonchev–Trinajstić information content (AvgIpc) is 2.45. The molecule has 0 spiro atoms. The summed E-state index contributed by atoms with van der Waals surface area (Å²) in [6.07, 6.45) is 4.48. The zero-order valence-electron chi connectivity index (χ0n) is 11.8. The Bertz CT molecular complexity index is 404. The molecule has 0 radical (unpaired) electrons. The van der Waals surface area contributed by atoms with Gasteiger partial charge in [0.05, 0.1) is 0 Å². The molecule has 0 bridgehead atoms. The molecule has 1 aromatic rings. The Morgan fingerprint density at radius 3 is 2.74 bits per heavy atom. The second-order valence-electron chi connectivity index (χ2n) is 5.58. The second-order valence-corrected chi connectivity index (χ2v) is 5.58. The fourth-order valence-corrected chi connectivity index (χ4v) is 2.72. The molecule has 0 aliphatic heterocycles. The lowest BCUT2D eigenvalue weighted by molar-refractivity contribution is 0.0786. The lowest BCUT2D eigenvalue weighted by atomic mass is 9.86. The van der Waals surface area contributed by atoms with Crippen LogP contribution < -0.4 is 0 Å². The summed E-state index contributed by atoms with van der Waals surface area (Å²) in [7, 11) is 1.86. The highest BCUT2D eigenvalue weighted by atomic mass is 16.6. The van der Waals surface area contributed by atoms with Gasteiger partial charge in [-0.1, -0.05) is 50.1 Å². The smallest absolute Gasteiger partial charge is 0.410 e. The number of nitrogens with zero attached hydrogens (tertiary/aromatic N) is 1. The molecule has 2 unspecified atom stereocenters. The Morgan fingerprint density at radius 1 is 1.32 bits per heavy atom. The molecular formula is C16H23NO2. The summed E-state index contributed by atoms with van der Waals surface area (Å²) in [5, 5.41) is 0. The van der Waals surface area contributed by atoms with E-state index in [0.717, 1.165) is 18.4 Å². The number of ether oxygens (including phenoxy) is 1. The van der Waals surface area contributed by atoms with Crippen LogP contribution in [0.4, 0.5) is 4.79 Å². The number of carbonyl (C=O) groups is 1. The second kappa shape index (κ2) is 6.60. The maximum absolute atomic E-state index is 12.0. The van der Waals surface area contributed by atoms with Crippen LogP contribution in [0.15, 0.2) is 30.3 Å². The first-order chi connectivity index (χ1) is 9.16. The van der Waals surface area contributed by atoms with Crippen molar-refractivity contribution in [2.75, 3.05) is 7.05 Å². The zero-order valence-corrected chi connectivity index (χ0v) is 11.8. The quantitative estimate of drug-likeness (QED) is 0.827. The molecule has 1 aliphatic rings. The number of benzene rings is 1. The number of hydrogen-bond acceptors (Lipinski definition) is 2. The molecule has 3 heteroatoms. The van der Waals surface area contributed by atoms with Crippen molar-refractivity contribution in [2.24, 2.45) is 5.92 Å². The van der Waals surface area contributed by atoms with Crippen LogP contribution >= 0.6 is 0 Å². The van der Waals surface area contributed by atoms with Gasteiger partial charge in [0, 0.05) is 13.1 Å². The molecule has 0 N–H and O–H groups in total. The Morgan fingerprint density at radius 2 is 2.05 bits per heavy atom. The van der Waals surface area contributed by atoms with Gasteiger partial charge in [-0.15, -0.1) is 0 Å². The van der Waals surface area contributed by atoms with E-state index in [1.54, 1.807) is 4.90 Å². The highest BCUT2D eigenvalue weighted by Crippen LogP contribution is 2.27. The number of rotatable bonds is 3. The van der Waals surface area contributed by atoms with Gasteiger partial charge in [-0.2, -0.15) is 0 Å². The standard InChI is InChI=1S/C16H23NO2/c1-13-7-6-10-15(11-13)17(2)16(18)19-12-14-8-4-3-5-9-14/h3-5,8-9,13,15H,6-7,10-12H2,1-2H3. The monoisotopic (exact) mass is 261 g/mol. The highest BCUT2D eigenvalue weighted by molar-refractivity contribution is 5.67. The van der Waals surface area contributed by atoms with Crippen molar-refractivity contribution in [3.05, 3.63) is 35.9 Å². The SMILES string of the molecule is CC1CCCC(N(C)C(=O)OCc2ccccc2)C1. The Labute approximate surface area is 115 Å². The van der Waals surface area contributed by atoms with Crippen LogP contribution in [0.25, 0.3) is 0 Å². The summed E-state index contributed by atoms with van der Waals surface area (Å²) < 4.78 is 5.37. The van der Waals surface area contributed by atoms with Gasteiger partial charge in [0.1, 0.15) is 6.61 Å². The van der Waals surface area contributed by atoms with E-state index in [-0.39, 0.29) is 6.09 Å². The minimum Gasteiger partial charge on any atom is -0.445 e. The topological polar surface area (TPSA) is 29.5 Å². The van der Waals surface area contributed by atoms with Crippen molar-refractivity contribution in [1.82, 2.24) is 4.90 Å². The van der Waals surface area contributed by atoms with Gasteiger partial charge in [0.25, 0.3) is 0 Å². The lowest BCUT2D eigenvalue weighted by Crippen LogP contribution is -2.40. The van der Waals surface area contributed by atoms with E-state index < -0.39 is 0 Å². The molecule has 1 fully saturated rings. The van der Waals surface area contributed by atoms with E-state index >= 15 is 0 Å². The molecule has 1 amide bonds. The largest absolute Gasteiger partial charge is 0.445 e. The van der Waals surface area contributed by atoms with Crippen molar-refractivity contribution < 1.29 is 9.53 Å². The first-order valence-electron chi connectivity index (χ1n) is 7.10. The van der Waals surface area contributed by atoms with E-state index in [4.69, 9.17) is 4.74 Å². The summed E-state index contributed by atoms with van der Waals surface area (Å²) in [5.41, 5.74) is 1.03. The molecule has 2 rings (SSSR count). The van der Waals surface area contributed by atoms with Crippen LogP contribution in [0.5, 0.6) is 0 Å². The molecule has 1 aromatic carbocycles. The summed E-state index contributed by atoms with van der Waals surface area (Å²) in [4.78, 5) is 13.8. The van der Waals surface area contributed by atoms with E-state index in [0.29, 0.717) is 18.6 Å². The van der Waals surface area contributed by atoms with Gasteiger partial charge in [-0.25, -0.2) is 4.79 Å². The van der Waals surface area contributed by atoms with Gasteiger partial charge in [-0.3, -0.25) is 0 Å². The molecule has 104 valence electrons. The predicted molar refractivity (Wildman–Crippen MR) is 75.8 cm³/mol. The van der Waals surface area contributed by atoms with Gasteiger partial charge < -0.3 is 9.64 Å². The number of carbonyl (C=O) groups excluding carboxylic acids is 1. The Balaban J connectivity index is 1.82. The molecule has 0 aromatic heterocycles. The van der Waals surface area contributed by atoms with Crippen LogP contribution in [0.1, 0.15) is 38.2 Å². The fourth-order valence-electron chi connectivity index (χ4n) is 2.72. The van der Waals surface area contributed by atoms with Crippen LogP contribution in [-0.4, -0.2) is 24.1 Å². The minimum atomic E-state index is -0.206. The summed E-state index contributed by atoms with van der Waals surface area (Å²) >= 11 is 0. The predicted octanol–water partition coefficient (Wildman–Crippen LogP) is 3.83. The Kier molecular flexibility index (Phi) is 4.83. The molecule has 19 heavy (non-hydrogen) atoms. The van der Waals surface area contributed by atoms with Crippen LogP contribution in [0.3, 0.4) is 0 Å². The van der Waals surface area contributed by atoms with E-state index in [9.17, 15) is 4.79 Å². The van der Waals surface area contributed by atoms with Gasteiger partial charge >= 0.3 is 6.09 Å². The summed E-state index contributed by atoms with van der Waals surface area (Å²) in [5.74, 6) is 0.711. The van der Waals surface area contributed by atoms with Crippen molar-refractivity contribution in [2.45, 2.75) is 45.3 Å². The van der Waals surface area contributed by atoms with Gasteiger partial charge in [-0.05, 0) is 24.3 Å². The van der Waals surface area contributed by atoms with E-state index in [2.05, 4.69) is 6.92 Å². The van der Waals surface area contributed by atoms with Crippen molar-refractivity contribution in [3.8, 4) is 0 Å². The number of amides is 1. The van der Waals surface area contributed by atoms with Gasteiger partial charge in [0.2, 0.25) is 0 Å². The van der Waals surface area contributed by atoms with Crippen molar-refractivity contribution >= 4 is 6.09 Å². The van der Waals surface area contributed by atoms with E-state index in [1.807, 2.05) is 37.4 Å². The molecule has 1 saturated carbocycles. The third kappa shape index (κ3) is 3.98. The van der Waals surface area contributed by atoms with Crippen molar-refractivity contribution in [1.29, 1.82) is 0 Å². The first kappa shape index (κ1) is 13.9. The van der Waals surface area contributed by atoms with Crippen LogP contribution in [0.2, 0.25) is 0 Å². The molecule has 2 atom stereocenters. The maximum atomic E-state index is 12.0. The minimum absolute atomic E-state index is 0.206. The highest BCUT2D eigenvalue weighted by Gasteiger charge is 2.26. The third-order valence-corrected chi connectivity index (χ3v) is 3.95. The van der Waals surface area contributed by atoms with Gasteiger partial charge in [0.15, 0.2) is 0 Å². The Hall–Kier alpha value is -1.51. The van der Waals surface area contributed by atoms with E-state index in [1.165, 1.54) is 12.8 Å². The van der Waals surface area contributed by atoms with Crippen LogP contribution in [-0.2, 0) is 11.3 Å². The molecule has 1 aliphatic carbocycles. The molecular weight excluding hydrogens is 238 g/mol. The normalized spacial score (nSPS) is 22.8. The molecule has 0 saturated heterocycles. The van der Waals surface area contributed by atoms with Crippen molar-refractivity contribution in [3.63, 3.8) is 0 Å². The summed E-state index contributed by atoms with van der Waals surface area (Å²) in [6, 6.07) is 10.1. The zero-order chi connectivity index (χ0) is 13.7. The fraction of sp³-hybridized carbons (Fsp3) is 0.562. The summed E-state index contributed by atoms with van der Waals surface area (Å²) in [6.45, 7) is 2.61. The number of hydrogen-bond donors (Lipinski definition) is 0. The molecule has 0 heterocycles. The molecule has 3 nitrogen and oxygen atoms in total.